The van der Waals surface area contributed by atoms with Crippen LogP contribution in [0.3, 0.4) is 0 Å². The van der Waals surface area contributed by atoms with Gasteiger partial charge in [-0.3, -0.25) is 9.78 Å². The van der Waals surface area contributed by atoms with Crippen LogP contribution in [0.4, 0.5) is 4.39 Å². The number of rotatable bonds is 3. The van der Waals surface area contributed by atoms with Gasteiger partial charge >= 0.3 is 0 Å². The molecule has 3 aromatic rings. The molecule has 0 spiro atoms. The van der Waals surface area contributed by atoms with E-state index in [0.717, 1.165) is 11.9 Å². The van der Waals surface area contributed by atoms with E-state index in [-0.39, 0.29) is 23.6 Å². The standard InChI is InChI=1S/C16H17FN6O/c1-16(2,3)13-6-12(22-15-20-9-21-23(13)15)14(24)19-8-11-5-4-10(17)7-18-11/h4-7,9H,8H2,1-3H3,(H,19,24). The molecular formula is C16H17FN6O. The number of nitrogens with one attached hydrogen (secondary N) is 1. The average molecular weight is 328 g/mol. The SMILES string of the molecule is CC(C)(C)c1cc(C(=O)NCc2ccc(F)cn2)nc2ncnn12. The van der Waals surface area contributed by atoms with E-state index < -0.39 is 5.82 Å². The molecule has 0 aliphatic carbocycles. The number of amides is 1. The smallest absolute Gasteiger partial charge is 0.270 e. The summed E-state index contributed by atoms with van der Waals surface area (Å²) >= 11 is 0. The third-order valence-corrected chi connectivity index (χ3v) is 3.47. The van der Waals surface area contributed by atoms with Gasteiger partial charge in [0.15, 0.2) is 0 Å². The number of pyridine rings is 1. The molecule has 0 bridgehead atoms. The van der Waals surface area contributed by atoms with Crippen LogP contribution < -0.4 is 5.32 Å². The van der Waals surface area contributed by atoms with E-state index >= 15 is 0 Å². The molecule has 0 saturated carbocycles. The topological polar surface area (TPSA) is 85.1 Å². The normalized spacial score (nSPS) is 11.7. The molecule has 3 rings (SSSR count). The molecule has 1 N–H and O–H groups in total. The summed E-state index contributed by atoms with van der Waals surface area (Å²) in [6.07, 6.45) is 2.52. The summed E-state index contributed by atoms with van der Waals surface area (Å²) in [4.78, 5) is 24.6. The number of carbonyl (C=O) groups is 1. The number of fused-ring (bicyclic) bond motifs is 1. The molecule has 124 valence electrons. The Bertz CT molecular complexity index is 882. The van der Waals surface area contributed by atoms with Crippen LogP contribution >= 0.6 is 0 Å². The summed E-state index contributed by atoms with van der Waals surface area (Å²) in [5.74, 6) is -0.400. The fourth-order valence-electron chi connectivity index (χ4n) is 2.24. The van der Waals surface area contributed by atoms with E-state index in [1.807, 2.05) is 20.8 Å². The molecule has 1 amide bonds. The summed E-state index contributed by atoms with van der Waals surface area (Å²) in [5.41, 5.74) is 1.41. The lowest BCUT2D eigenvalue weighted by molar-refractivity contribution is 0.0945. The van der Waals surface area contributed by atoms with Crippen molar-refractivity contribution in [1.29, 1.82) is 0 Å². The van der Waals surface area contributed by atoms with Crippen molar-refractivity contribution in [1.82, 2.24) is 29.9 Å². The number of nitrogens with zero attached hydrogens (tertiary/aromatic N) is 5. The van der Waals surface area contributed by atoms with Gasteiger partial charge in [0.05, 0.1) is 24.1 Å². The highest BCUT2D eigenvalue weighted by Crippen LogP contribution is 2.22. The third-order valence-electron chi connectivity index (χ3n) is 3.47. The molecule has 0 atom stereocenters. The number of halogens is 1. The Balaban J connectivity index is 1.85. The fraction of sp³-hybridized carbons (Fsp3) is 0.312. The minimum Gasteiger partial charge on any atom is -0.345 e. The van der Waals surface area contributed by atoms with Crippen LogP contribution in [0, 0.1) is 5.82 Å². The van der Waals surface area contributed by atoms with Crippen molar-refractivity contribution in [2.24, 2.45) is 0 Å². The maximum absolute atomic E-state index is 12.8. The van der Waals surface area contributed by atoms with Crippen molar-refractivity contribution in [3.63, 3.8) is 0 Å². The van der Waals surface area contributed by atoms with E-state index in [9.17, 15) is 9.18 Å². The Kier molecular flexibility index (Phi) is 3.96. The van der Waals surface area contributed by atoms with Gasteiger partial charge in [-0.25, -0.2) is 13.9 Å². The first-order valence-electron chi connectivity index (χ1n) is 7.44. The summed E-state index contributed by atoms with van der Waals surface area (Å²) in [5, 5.41) is 6.88. The Morgan fingerprint density at radius 2 is 2.08 bits per heavy atom. The summed E-state index contributed by atoms with van der Waals surface area (Å²) < 4.78 is 14.5. The summed E-state index contributed by atoms with van der Waals surface area (Å²) in [6.45, 7) is 6.25. The van der Waals surface area contributed by atoms with E-state index in [4.69, 9.17) is 0 Å². The average Bonchev–Trinajstić information content (AvgIpc) is 3.00. The van der Waals surface area contributed by atoms with Gasteiger partial charge in [0.25, 0.3) is 11.7 Å². The first-order chi connectivity index (χ1) is 11.3. The van der Waals surface area contributed by atoms with Crippen LogP contribution in [0.15, 0.2) is 30.7 Å². The molecule has 0 aliphatic heterocycles. The molecule has 3 aromatic heterocycles. The van der Waals surface area contributed by atoms with Gasteiger partial charge < -0.3 is 5.32 Å². The molecule has 3 heterocycles. The lowest BCUT2D eigenvalue weighted by Gasteiger charge is -2.20. The van der Waals surface area contributed by atoms with Crippen LogP contribution in [0.5, 0.6) is 0 Å². The number of hydrogen-bond donors (Lipinski definition) is 1. The predicted molar refractivity (Wildman–Crippen MR) is 84.8 cm³/mol. The molecule has 0 aliphatic rings. The maximum Gasteiger partial charge on any atom is 0.270 e. The van der Waals surface area contributed by atoms with Crippen LogP contribution in [0.25, 0.3) is 5.78 Å². The Morgan fingerprint density at radius 1 is 1.29 bits per heavy atom. The monoisotopic (exact) mass is 328 g/mol. The molecule has 0 aromatic carbocycles. The van der Waals surface area contributed by atoms with E-state index in [1.165, 1.54) is 18.5 Å². The zero-order valence-electron chi connectivity index (χ0n) is 13.6. The van der Waals surface area contributed by atoms with Gasteiger partial charge in [0, 0.05) is 5.41 Å². The van der Waals surface area contributed by atoms with Crippen LogP contribution in [-0.4, -0.2) is 30.5 Å². The largest absolute Gasteiger partial charge is 0.345 e. The Labute approximate surface area is 138 Å². The number of carbonyl (C=O) groups excluding carboxylic acids is 1. The third kappa shape index (κ3) is 3.22. The highest BCUT2D eigenvalue weighted by molar-refractivity contribution is 5.92. The first-order valence-corrected chi connectivity index (χ1v) is 7.44. The van der Waals surface area contributed by atoms with E-state index in [1.54, 1.807) is 10.6 Å². The molecule has 0 saturated heterocycles. The molecule has 8 heteroatoms. The minimum atomic E-state index is -0.418. The van der Waals surface area contributed by atoms with Gasteiger partial charge in [-0.2, -0.15) is 10.1 Å². The Hall–Kier alpha value is -2.90. The Morgan fingerprint density at radius 3 is 2.75 bits per heavy atom. The van der Waals surface area contributed by atoms with E-state index in [0.29, 0.717) is 11.5 Å². The van der Waals surface area contributed by atoms with Crippen molar-refractivity contribution in [2.75, 3.05) is 0 Å². The van der Waals surface area contributed by atoms with Crippen LogP contribution in [0.2, 0.25) is 0 Å². The molecule has 0 radical (unpaired) electrons. The maximum atomic E-state index is 12.8. The van der Waals surface area contributed by atoms with Crippen molar-refractivity contribution in [3.05, 3.63) is 53.6 Å². The van der Waals surface area contributed by atoms with Crippen molar-refractivity contribution in [3.8, 4) is 0 Å². The number of aromatic nitrogens is 5. The predicted octanol–water partition coefficient (Wildman–Crippen LogP) is 1.89. The van der Waals surface area contributed by atoms with Gasteiger partial charge in [0.1, 0.15) is 17.8 Å². The van der Waals surface area contributed by atoms with E-state index in [2.05, 4.69) is 25.4 Å². The zero-order valence-corrected chi connectivity index (χ0v) is 13.6. The molecular weight excluding hydrogens is 311 g/mol. The molecule has 0 fully saturated rings. The lowest BCUT2D eigenvalue weighted by Crippen LogP contribution is -2.26. The summed E-state index contributed by atoms with van der Waals surface area (Å²) in [7, 11) is 0. The van der Waals surface area contributed by atoms with Gasteiger partial charge in [-0.05, 0) is 18.2 Å². The van der Waals surface area contributed by atoms with Crippen molar-refractivity contribution < 1.29 is 9.18 Å². The zero-order chi connectivity index (χ0) is 17.3. The van der Waals surface area contributed by atoms with Gasteiger partial charge in [0.2, 0.25) is 0 Å². The minimum absolute atomic E-state index is 0.184. The first kappa shape index (κ1) is 16.0. The van der Waals surface area contributed by atoms with Gasteiger partial charge in [-0.1, -0.05) is 20.8 Å². The van der Waals surface area contributed by atoms with Crippen LogP contribution in [-0.2, 0) is 12.0 Å². The highest BCUT2D eigenvalue weighted by atomic mass is 19.1. The fourth-order valence-corrected chi connectivity index (χ4v) is 2.24. The quantitative estimate of drug-likeness (QED) is 0.793. The lowest BCUT2D eigenvalue weighted by atomic mass is 9.91. The molecule has 0 unspecified atom stereocenters. The second-order valence-electron chi connectivity index (χ2n) is 6.40. The summed E-state index contributed by atoms with van der Waals surface area (Å²) in [6, 6.07) is 4.52. The second kappa shape index (κ2) is 5.95. The number of hydrogen-bond acceptors (Lipinski definition) is 5. The van der Waals surface area contributed by atoms with Crippen molar-refractivity contribution in [2.45, 2.75) is 32.7 Å². The van der Waals surface area contributed by atoms with Gasteiger partial charge in [-0.15, -0.1) is 0 Å². The highest BCUT2D eigenvalue weighted by Gasteiger charge is 2.22. The van der Waals surface area contributed by atoms with Crippen molar-refractivity contribution >= 4 is 11.7 Å². The second-order valence-corrected chi connectivity index (χ2v) is 6.40. The van der Waals surface area contributed by atoms with Crippen LogP contribution in [0.1, 0.15) is 42.6 Å². The molecule has 24 heavy (non-hydrogen) atoms. The molecule has 7 nitrogen and oxygen atoms in total.